The normalized spacial score (nSPS) is 25.3. The van der Waals surface area contributed by atoms with Crippen LogP contribution in [-0.4, -0.2) is 35.6 Å². The van der Waals surface area contributed by atoms with Crippen LogP contribution in [-0.2, 0) is 4.79 Å². The SMILES string of the molecule is C=CCN1CC[C@@H](C(=O)O)C1. The summed E-state index contributed by atoms with van der Waals surface area (Å²) in [6.45, 7) is 5.99. The van der Waals surface area contributed by atoms with Crippen LogP contribution in [0.4, 0.5) is 0 Å². The minimum absolute atomic E-state index is 0.157. The lowest BCUT2D eigenvalue weighted by Crippen LogP contribution is -2.23. The van der Waals surface area contributed by atoms with Crippen molar-refractivity contribution in [2.24, 2.45) is 5.92 Å². The Morgan fingerprint density at radius 2 is 2.55 bits per heavy atom. The van der Waals surface area contributed by atoms with Crippen molar-refractivity contribution in [1.82, 2.24) is 4.90 Å². The Morgan fingerprint density at radius 3 is 3.00 bits per heavy atom. The molecule has 1 rings (SSSR count). The van der Waals surface area contributed by atoms with E-state index in [4.69, 9.17) is 5.11 Å². The van der Waals surface area contributed by atoms with E-state index in [2.05, 4.69) is 11.5 Å². The molecule has 0 bridgehead atoms. The van der Waals surface area contributed by atoms with Crippen LogP contribution >= 0.6 is 0 Å². The maximum absolute atomic E-state index is 10.5. The zero-order valence-electron chi connectivity index (χ0n) is 6.49. The first-order chi connectivity index (χ1) is 5.24. The first-order valence-electron chi connectivity index (χ1n) is 3.80. The van der Waals surface area contributed by atoms with Crippen LogP contribution < -0.4 is 0 Å². The molecule has 0 aromatic heterocycles. The van der Waals surface area contributed by atoms with Gasteiger partial charge in [0.1, 0.15) is 0 Å². The predicted octanol–water partition coefficient (Wildman–Crippen LogP) is 0.579. The maximum Gasteiger partial charge on any atom is 0.307 e. The topological polar surface area (TPSA) is 40.5 Å². The van der Waals surface area contributed by atoms with E-state index in [9.17, 15) is 4.79 Å². The zero-order chi connectivity index (χ0) is 8.27. The van der Waals surface area contributed by atoms with Crippen LogP contribution in [0.2, 0.25) is 0 Å². The summed E-state index contributed by atoms with van der Waals surface area (Å²) in [7, 11) is 0. The molecule has 0 aliphatic carbocycles. The number of likely N-dealkylation sites (tertiary alicyclic amines) is 1. The van der Waals surface area contributed by atoms with Crippen LogP contribution in [0.15, 0.2) is 12.7 Å². The molecule has 3 nitrogen and oxygen atoms in total. The Kier molecular flexibility index (Phi) is 2.65. The molecule has 3 heteroatoms. The van der Waals surface area contributed by atoms with Gasteiger partial charge in [-0.15, -0.1) is 6.58 Å². The average molecular weight is 155 g/mol. The van der Waals surface area contributed by atoms with Gasteiger partial charge in [-0.3, -0.25) is 9.69 Å². The van der Waals surface area contributed by atoms with E-state index >= 15 is 0 Å². The number of carboxylic acids is 1. The number of nitrogens with zero attached hydrogens (tertiary/aromatic N) is 1. The summed E-state index contributed by atoms with van der Waals surface area (Å²) in [4.78, 5) is 12.6. The van der Waals surface area contributed by atoms with Gasteiger partial charge in [-0.1, -0.05) is 6.08 Å². The molecular formula is C8H13NO2. The Labute approximate surface area is 66.3 Å². The van der Waals surface area contributed by atoms with Crippen molar-refractivity contribution in [2.75, 3.05) is 19.6 Å². The fourth-order valence-electron chi connectivity index (χ4n) is 1.38. The van der Waals surface area contributed by atoms with Gasteiger partial charge in [-0.25, -0.2) is 0 Å². The largest absolute Gasteiger partial charge is 0.481 e. The maximum atomic E-state index is 10.5. The minimum atomic E-state index is -0.670. The molecule has 1 aliphatic rings. The number of hydrogen-bond donors (Lipinski definition) is 1. The van der Waals surface area contributed by atoms with E-state index in [1.54, 1.807) is 0 Å². The summed E-state index contributed by atoms with van der Waals surface area (Å²) in [6.07, 6.45) is 2.59. The monoisotopic (exact) mass is 155 g/mol. The molecule has 0 radical (unpaired) electrons. The molecule has 11 heavy (non-hydrogen) atoms. The van der Waals surface area contributed by atoms with Crippen molar-refractivity contribution in [3.63, 3.8) is 0 Å². The highest BCUT2D eigenvalue weighted by Gasteiger charge is 2.26. The molecule has 1 saturated heterocycles. The lowest BCUT2D eigenvalue weighted by atomic mass is 10.1. The summed E-state index contributed by atoms with van der Waals surface area (Å²) >= 11 is 0. The molecular weight excluding hydrogens is 142 g/mol. The Hall–Kier alpha value is -0.830. The summed E-state index contributed by atoms with van der Waals surface area (Å²) in [5.74, 6) is -0.827. The first-order valence-corrected chi connectivity index (χ1v) is 3.80. The van der Waals surface area contributed by atoms with Gasteiger partial charge in [0.05, 0.1) is 5.92 Å². The summed E-state index contributed by atoms with van der Waals surface area (Å²) in [5, 5.41) is 8.65. The molecule has 1 aliphatic heterocycles. The highest BCUT2D eigenvalue weighted by atomic mass is 16.4. The van der Waals surface area contributed by atoms with Gasteiger partial charge in [0.15, 0.2) is 0 Å². The predicted molar refractivity (Wildman–Crippen MR) is 42.4 cm³/mol. The highest BCUT2D eigenvalue weighted by molar-refractivity contribution is 5.70. The van der Waals surface area contributed by atoms with E-state index in [1.807, 2.05) is 6.08 Å². The Morgan fingerprint density at radius 1 is 1.82 bits per heavy atom. The third-order valence-corrected chi connectivity index (χ3v) is 2.01. The van der Waals surface area contributed by atoms with E-state index < -0.39 is 5.97 Å². The van der Waals surface area contributed by atoms with Crippen LogP contribution in [0.5, 0.6) is 0 Å². The fourth-order valence-corrected chi connectivity index (χ4v) is 1.38. The quantitative estimate of drug-likeness (QED) is 0.606. The molecule has 0 aromatic carbocycles. The zero-order valence-corrected chi connectivity index (χ0v) is 6.49. The van der Waals surface area contributed by atoms with Gasteiger partial charge in [-0.05, 0) is 13.0 Å². The molecule has 0 unspecified atom stereocenters. The number of hydrogen-bond acceptors (Lipinski definition) is 2. The van der Waals surface area contributed by atoms with Crippen molar-refractivity contribution in [3.8, 4) is 0 Å². The van der Waals surface area contributed by atoms with Crippen LogP contribution in [0.25, 0.3) is 0 Å². The second kappa shape index (κ2) is 3.53. The smallest absolute Gasteiger partial charge is 0.307 e. The van der Waals surface area contributed by atoms with Crippen LogP contribution in [0, 0.1) is 5.92 Å². The summed E-state index contributed by atoms with van der Waals surface area (Å²) < 4.78 is 0. The molecule has 0 saturated carbocycles. The highest BCUT2D eigenvalue weighted by Crippen LogP contribution is 2.15. The van der Waals surface area contributed by atoms with Gasteiger partial charge in [0.2, 0.25) is 0 Å². The molecule has 0 aromatic rings. The number of rotatable bonds is 3. The van der Waals surface area contributed by atoms with Gasteiger partial charge < -0.3 is 5.11 Å². The van der Waals surface area contributed by atoms with Crippen molar-refractivity contribution < 1.29 is 9.90 Å². The first kappa shape index (κ1) is 8.27. The van der Waals surface area contributed by atoms with Gasteiger partial charge in [-0.2, -0.15) is 0 Å². The average Bonchev–Trinajstić information content (AvgIpc) is 2.37. The Bertz CT molecular complexity index is 167. The molecule has 1 heterocycles. The number of carboxylic acid groups (broad SMARTS) is 1. The molecule has 62 valence electrons. The summed E-state index contributed by atoms with van der Waals surface area (Å²) in [6, 6.07) is 0. The van der Waals surface area contributed by atoms with Crippen LogP contribution in [0.3, 0.4) is 0 Å². The number of carbonyl (C=O) groups is 1. The molecule has 1 fully saturated rings. The lowest BCUT2D eigenvalue weighted by molar-refractivity contribution is -0.141. The summed E-state index contributed by atoms with van der Waals surface area (Å²) in [5.41, 5.74) is 0. The molecule has 0 amide bonds. The van der Waals surface area contributed by atoms with Gasteiger partial charge in [0.25, 0.3) is 0 Å². The molecule has 0 spiro atoms. The minimum Gasteiger partial charge on any atom is -0.481 e. The fraction of sp³-hybridized carbons (Fsp3) is 0.625. The second-order valence-corrected chi connectivity index (χ2v) is 2.87. The van der Waals surface area contributed by atoms with Crippen LogP contribution in [0.1, 0.15) is 6.42 Å². The van der Waals surface area contributed by atoms with Crippen molar-refractivity contribution in [1.29, 1.82) is 0 Å². The van der Waals surface area contributed by atoms with E-state index in [1.165, 1.54) is 0 Å². The van der Waals surface area contributed by atoms with Crippen molar-refractivity contribution in [3.05, 3.63) is 12.7 Å². The van der Waals surface area contributed by atoms with Crippen molar-refractivity contribution in [2.45, 2.75) is 6.42 Å². The van der Waals surface area contributed by atoms with Gasteiger partial charge >= 0.3 is 5.97 Å². The molecule has 1 atom stereocenters. The molecule has 1 N–H and O–H groups in total. The lowest BCUT2D eigenvalue weighted by Gasteiger charge is -2.10. The third kappa shape index (κ3) is 2.05. The Balaban J connectivity index is 2.34. The third-order valence-electron chi connectivity index (χ3n) is 2.01. The van der Waals surface area contributed by atoms with E-state index in [0.29, 0.717) is 6.54 Å². The standard InChI is InChI=1S/C8H13NO2/c1-2-4-9-5-3-7(6-9)8(10)11/h2,7H,1,3-6H2,(H,10,11)/t7-/m1/s1. The second-order valence-electron chi connectivity index (χ2n) is 2.87. The van der Waals surface area contributed by atoms with Crippen molar-refractivity contribution >= 4 is 5.97 Å². The number of aliphatic carboxylic acids is 1. The van der Waals surface area contributed by atoms with E-state index in [0.717, 1.165) is 19.5 Å². The van der Waals surface area contributed by atoms with Gasteiger partial charge in [0, 0.05) is 13.1 Å². The van der Waals surface area contributed by atoms with E-state index in [-0.39, 0.29) is 5.92 Å².